The van der Waals surface area contributed by atoms with Gasteiger partial charge in [-0.3, -0.25) is 13.9 Å². The number of benzene rings is 4. The molecule has 0 unspecified atom stereocenters. The highest BCUT2D eigenvalue weighted by molar-refractivity contribution is 7.92. The van der Waals surface area contributed by atoms with Gasteiger partial charge in [-0.25, -0.2) is 8.42 Å². The molecule has 0 aromatic heterocycles. The molecule has 8 nitrogen and oxygen atoms in total. The second-order valence-corrected chi connectivity index (χ2v) is 14.0. The normalized spacial score (nSPS) is 14.2. The Morgan fingerprint density at radius 2 is 1.45 bits per heavy atom. The monoisotopic (exact) mass is 673 g/mol. The summed E-state index contributed by atoms with van der Waals surface area (Å²) in [5.74, 6) is -0.415. The van der Waals surface area contributed by atoms with Gasteiger partial charge in [0, 0.05) is 19.0 Å². The Hall–Kier alpha value is -4.34. The molecule has 2 amide bonds. The Balaban J connectivity index is 1.56. The zero-order valence-electron chi connectivity index (χ0n) is 26.4. The average molecular weight is 674 g/mol. The number of rotatable bonds is 13. The summed E-state index contributed by atoms with van der Waals surface area (Å²) >= 11 is 6.46. The molecule has 4 aromatic rings. The van der Waals surface area contributed by atoms with Gasteiger partial charge in [-0.05, 0) is 54.3 Å². The van der Waals surface area contributed by atoms with Gasteiger partial charge in [0.25, 0.3) is 10.0 Å². The maximum absolute atomic E-state index is 14.6. The van der Waals surface area contributed by atoms with Crippen LogP contribution < -0.4 is 14.4 Å². The zero-order chi connectivity index (χ0) is 33.2. The van der Waals surface area contributed by atoms with E-state index in [4.69, 9.17) is 16.3 Å². The molecule has 246 valence electrons. The summed E-state index contributed by atoms with van der Waals surface area (Å²) in [6.07, 6.45) is 5.25. The second-order valence-electron chi connectivity index (χ2n) is 11.7. The first kappa shape index (κ1) is 34.0. The lowest BCUT2D eigenvalue weighted by Crippen LogP contribution is -2.55. The number of nitrogens with one attached hydrogen (secondary N) is 1. The van der Waals surface area contributed by atoms with Crippen LogP contribution in [-0.4, -0.2) is 50.9 Å². The van der Waals surface area contributed by atoms with E-state index in [1.807, 2.05) is 60.7 Å². The lowest BCUT2D eigenvalue weighted by molar-refractivity contribution is -0.140. The number of halogens is 1. The summed E-state index contributed by atoms with van der Waals surface area (Å²) in [5, 5.41) is 3.42. The molecule has 1 fully saturated rings. The molecule has 5 rings (SSSR count). The molecule has 0 saturated heterocycles. The fraction of sp³-hybridized carbons (Fsp3) is 0.297. The zero-order valence-corrected chi connectivity index (χ0v) is 28.0. The summed E-state index contributed by atoms with van der Waals surface area (Å²) in [4.78, 5) is 30.3. The van der Waals surface area contributed by atoms with Crippen molar-refractivity contribution in [2.75, 3.05) is 18.0 Å². The molecule has 47 heavy (non-hydrogen) atoms. The van der Waals surface area contributed by atoms with Crippen molar-refractivity contribution in [1.29, 1.82) is 0 Å². The SMILES string of the molecule is COc1ccc(N(CC(=O)N(Cc2ccccc2)[C@@H](Cc2ccccc2)C(=O)NC2CCCCC2)S(=O)(=O)c2ccccc2)cc1Cl. The van der Waals surface area contributed by atoms with Crippen LogP contribution in [0.25, 0.3) is 0 Å². The van der Waals surface area contributed by atoms with E-state index in [1.165, 1.54) is 30.2 Å². The Kier molecular flexibility index (Phi) is 11.6. The molecule has 0 heterocycles. The molecular weight excluding hydrogens is 634 g/mol. The van der Waals surface area contributed by atoms with E-state index >= 15 is 0 Å². The molecule has 10 heteroatoms. The molecule has 1 N–H and O–H groups in total. The number of amides is 2. The van der Waals surface area contributed by atoms with Crippen molar-refractivity contribution in [3.8, 4) is 5.75 Å². The van der Waals surface area contributed by atoms with Gasteiger partial charge in [0.05, 0.1) is 22.7 Å². The summed E-state index contributed by atoms with van der Waals surface area (Å²) in [7, 11) is -2.77. The highest BCUT2D eigenvalue weighted by atomic mass is 35.5. The van der Waals surface area contributed by atoms with E-state index in [-0.39, 0.29) is 40.5 Å². The number of hydrogen-bond acceptors (Lipinski definition) is 5. The second kappa shape index (κ2) is 16.0. The first-order valence-electron chi connectivity index (χ1n) is 15.9. The van der Waals surface area contributed by atoms with Crippen molar-refractivity contribution in [1.82, 2.24) is 10.2 Å². The van der Waals surface area contributed by atoms with Crippen molar-refractivity contribution in [3.63, 3.8) is 0 Å². The van der Waals surface area contributed by atoms with Crippen LogP contribution in [0.5, 0.6) is 5.75 Å². The third kappa shape index (κ3) is 8.73. The van der Waals surface area contributed by atoms with Gasteiger partial charge in [0.1, 0.15) is 18.3 Å². The van der Waals surface area contributed by atoms with Crippen LogP contribution in [0.4, 0.5) is 5.69 Å². The lowest BCUT2D eigenvalue weighted by atomic mass is 9.94. The van der Waals surface area contributed by atoms with Crippen molar-refractivity contribution in [2.45, 2.75) is 62.0 Å². The summed E-state index contributed by atoms with van der Waals surface area (Å²) in [6.45, 7) is -0.452. The minimum absolute atomic E-state index is 0.0187. The number of carbonyl (C=O) groups excluding carboxylic acids is 2. The van der Waals surface area contributed by atoms with Crippen molar-refractivity contribution < 1.29 is 22.7 Å². The van der Waals surface area contributed by atoms with Crippen LogP contribution in [0.15, 0.2) is 114 Å². The number of carbonyl (C=O) groups is 2. The van der Waals surface area contributed by atoms with E-state index in [0.717, 1.165) is 47.5 Å². The number of nitrogens with zero attached hydrogens (tertiary/aromatic N) is 2. The van der Waals surface area contributed by atoms with Gasteiger partial charge in [0.2, 0.25) is 11.8 Å². The van der Waals surface area contributed by atoms with Crippen LogP contribution in [0.3, 0.4) is 0 Å². The van der Waals surface area contributed by atoms with Gasteiger partial charge in [-0.1, -0.05) is 110 Å². The Bertz CT molecular complexity index is 1730. The standard InChI is InChI=1S/C37H40ClN3O5S/c1-46-35-23-22-31(25-33(35)38)41(47(44,45)32-20-12-5-13-21-32)27-36(42)40(26-29-16-8-3-9-17-29)34(24-28-14-6-2-7-15-28)37(43)39-30-18-10-4-11-19-30/h2-3,5-9,12-17,20-23,25,30,34H,4,10-11,18-19,24,26-27H2,1H3,(H,39,43)/t34-/m0/s1. The maximum Gasteiger partial charge on any atom is 0.264 e. The maximum atomic E-state index is 14.6. The van der Waals surface area contributed by atoms with Gasteiger partial charge < -0.3 is 15.0 Å². The van der Waals surface area contributed by atoms with Crippen molar-refractivity contribution in [3.05, 3.63) is 125 Å². The van der Waals surface area contributed by atoms with E-state index in [2.05, 4.69) is 5.32 Å². The number of methoxy groups -OCH3 is 1. The lowest BCUT2D eigenvalue weighted by Gasteiger charge is -2.35. The van der Waals surface area contributed by atoms with Crippen LogP contribution in [0.1, 0.15) is 43.2 Å². The average Bonchev–Trinajstić information content (AvgIpc) is 3.10. The molecule has 4 aromatic carbocycles. The molecule has 1 atom stereocenters. The number of ether oxygens (including phenoxy) is 1. The van der Waals surface area contributed by atoms with Gasteiger partial charge in [-0.2, -0.15) is 0 Å². The van der Waals surface area contributed by atoms with E-state index in [0.29, 0.717) is 5.75 Å². The highest BCUT2D eigenvalue weighted by Crippen LogP contribution is 2.32. The number of hydrogen-bond donors (Lipinski definition) is 1. The number of anilines is 1. The topological polar surface area (TPSA) is 96.0 Å². The number of sulfonamides is 1. The fourth-order valence-electron chi connectivity index (χ4n) is 5.94. The molecule has 0 spiro atoms. The summed E-state index contributed by atoms with van der Waals surface area (Å²) < 4.78 is 34.7. The fourth-order valence-corrected chi connectivity index (χ4v) is 7.62. The van der Waals surface area contributed by atoms with Crippen molar-refractivity contribution >= 4 is 39.1 Å². The van der Waals surface area contributed by atoms with Crippen molar-refractivity contribution in [2.24, 2.45) is 0 Å². The molecule has 1 aliphatic rings. The van der Waals surface area contributed by atoms with Crippen LogP contribution in [0.2, 0.25) is 5.02 Å². The van der Waals surface area contributed by atoms with Gasteiger partial charge in [-0.15, -0.1) is 0 Å². The molecule has 1 saturated carbocycles. The predicted octanol–water partition coefficient (Wildman–Crippen LogP) is 6.63. The van der Waals surface area contributed by atoms with Crippen LogP contribution >= 0.6 is 11.6 Å². The first-order valence-corrected chi connectivity index (χ1v) is 17.7. The van der Waals surface area contributed by atoms with Crippen LogP contribution in [0, 0.1) is 0 Å². The highest BCUT2D eigenvalue weighted by Gasteiger charge is 2.35. The molecular formula is C37H40ClN3O5S. The summed E-state index contributed by atoms with van der Waals surface area (Å²) in [6, 6.07) is 30.6. The largest absolute Gasteiger partial charge is 0.495 e. The molecule has 0 aliphatic heterocycles. The minimum atomic E-state index is -4.23. The van der Waals surface area contributed by atoms with Gasteiger partial charge >= 0.3 is 0 Å². The molecule has 0 bridgehead atoms. The smallest absolute Gasteiger partial charge is 0.264 e. The van der Waals surface area contributed by atoms with E-state index in [1.54, 1.807) is 30.3 Å². The molecule has 1 aliphatic carbocycles. The Morgan fingerprint density at radius 1 is 0.851 bits per heavy atom. The van der Waals surface area contributed by atoms with E-state index < -0.39 is 28.5 Å². The third-order valence-electron chi connectivity index (χ3n) is 8.45. The summed E-state index contributed by atoms with van der Waals surface area (Å²) in [5.41, 5.74) is 1.89. The predicted molar refractivity (Wildman–Crippen MR) is 185 cm³/mol. The minimum Gasteiger partial charge on any atom is -0.495 e. The van der Waals surface area contributed by atoms with Crippen LogP contribution in [-0.2, 0) is 32.6 Å². The quantitative estimate of drug-likeness (QED) is 0.172. The molecule has 0 radical (unpaired) electrons. The first-order chi connectivity index (χ1) is 22.8. The van der Waals surface area contributed by atoms with E-state index in [9.17, 15) is 18.0 Å². The van der Waals surface area contributed by atoms with Gasteiger partial charge in [0.15, 0.2) is 0 Å². The Morgan fingerprint density at radius 3 is 2.04 bits per heavy atom. The third-order valence-corrected chi connectivity index (χ3v) is 10.5. The Labute approximate surface area is 282 Å².